The maximum Gasteiger partial charge on any atom is 0.252 e. The molecule has 1 unspecified atom stereocenters. The topological polar surface area (TPSA) is 67.2 Å². The Morgan fingerprint density at radius 1 is 1.08 bits per heavy atom. The Kier molecular flexibility index (Phi) is 5.50. The summed E-state index contributed by atoms with van der Waals surface area (Å²) in [6.45, 7) is 3.97. The number of carbonyl (C=O) groups excluding carboxylic acids is 1. The average Bonchev–Trinajstić information content (AvgIpc) is 3.24. The highest BCUT2D eigenvalue weighted by molar-refractivity contribution is 7.99. The van der Waals surface area contributed by atoms with Gasteiger partial charge in [-0.25, -0.2) is 4.68 Å². The molecular formula is C18H24N6OS. The summed E-state index contributed by atoms with van der Waals surface area (Å²) in [6, 6.07) is 9.89. The van der Waals surface area contributed by atoms with Gasteiger partial charge in [0, 0.05) is 43.7 Å². The van der Waals surface area contributed by atoms with Gasteiger partial charge >= 0.3 is 0 Å². The fourth-order valence-corrected chi connectivity index (χ4v) is 4.83. The van der Waals surface area contributed by atoms with E-state index < -0.39 is 6.04 Å². The standard InChI is InChI=1S/C18H24N6OS/c25-18(17(24-14-19-20-21-24)15-4-2-1-3-5-15)23-8-6-16(7-9-23)22-10-12-26-13-11-22/h1-5,14,16-17H,6-13H2. The molecule has 2 saturated heterocycles. The summed E-state index contributed by atoms with van der Waals surface area (Å²) in [5, 5.41) is 11.4. The maximum atomic E-state index is 13.3. The highest BCUT2D eigenvalue weighted by Crippen LogP contribution is 2.25. The van der Waals surface area contributed by atoms with Gasteiger partial charge in [-0.3, -0.25) is 9.69 Å². The third-order valence-electron chi connectivity index (χ3n) is 5.32. The summed E-state index contributed by atoms with van der Waals surface area (Å²) < 4.78 is 1.56. The van der Waals surface area contributed by atoms with E-state index in [1.54, 1.807) is 4.68 Å². The Hall–Kier alpha value is -1.93. The average molecular weight is 372 g/mol. The lowest BCUT2D eigenvalue weighted by molar-refractivity contribution is -0.135. The van der Waals surface area contributed by atoms with E-state index in [1.807, 2.05) is 47.0 Å². The molecule has 1 amide bonds. The number of likely N-dealkylation sites (tertiary alicyclic amines) is 1. The number of amides is 1. The molecule has 0 saturated carbocycles. The summed E-state index contributed by atoms with van der Waals surface area (Å²) in [6.07, 6.45) is 3.62. The highest BCUT2D eigenvalue weighted by atomic mass is 32.2. The van der Waals surface area contributed by atoms with Crippen molar-refractivity contribution in [1.82, 2.24) is 30.0 Å². The second kappa shape index (κ2) is 8.18. The van der Waals surface area contributed by atoms with Crippen molar-refractivity contribution in [3.05, 3.63) is 42.2 Å². The third kappa shape index (κ3) is 3.76. The van der Waals surface area contributed by atoms with Crippen molar-refractivity contribution in [2.45, 2.75) is 24.9 Å². The van der Waals surface area contributed by atoms with E-state index in [4.69, 9.17) is 0 Å². The minimum absolute atomic E-state index is 0.0798. The molecule has 0 aliphatic carbocycles. The largest absolute Gasteiger partial charge is 0.340 e. The Bertz CT molecular complexity index is 696. The van der Waals surface area contributed by atoms with Crippen molar-refractivity contribution in [3.8, 4) is 0 Å². The predicted molar refractivity (Wildman–Crippen MR) is 101 cm³/mol. The van der Waals surface area contributed by atoms with Crippen LogP contribution in [0.4, 0.5) is 0 Å². The first-order valence-corrected chi connectivity index (χ1v) is 10.4. The van der Waals surface area contributed by atoms with Crippen LogP contribution >= 0.6 is 11.8 Å². The monoisotopic (exact) mass is 372 g/mol. The molecule has 4 rings (SSSR count). The van der Waals surface area contributed by atoms with Gasteiger partial charge in [-0.2, -0.15) is 11.8 Å². The summed E-state index contributed by atoms with van der Waals surface area (Å²) >= 11 is 2.04. The lowest BCUT2D eigenvalue weighted by atomic mass is 10.00. The van der Waals surface area contributed by atoms with Crippen molar-refractivity contribution in [2.75, 3.05) is 37.7 Å². The summed E-state index contributed by atoms with van der Waals surface area (Å²) in [5.74, 6) is 2.54. The predicted octanol–water partition coefficient (Wildman–Crippen LogP) is 1.30. The summed E-state index contributed by atoms with van der Waals surface area (Å²) in [5.41, 5.74) is 0.917. The van der Waals surface area contributed by atoms with Gasteiger partial charge in [-0.1, -0.05) is 30.3 Å². The Morgan fingerprint density at radius 3 is 2.46 bits per heavy atom. The molecule has 8 heteroatoms. The van der Waals surface area contributed by atoms with Crippen molar-refractivity contribution >= 4 is 17.7 Å². The number of hydrogen-bond donors (Lipinski definition) is 0. The Balaban J connectivity index is 1.45. The molecule has 138 valence electrons. The first kappa shape index (κ1) is 17.5. The van der Waals surface area contributed by atoms with E-state index in [0.717, 1.165) is 31.5 Å². The first-order chi connectivity index (χ1) is 12.8. The fraction of sp³-hybridized carbons (Fsp3) is 0.556. The van der Waals surface area contributed by atoms with E-state index in [0.29, 0.717) is 6.04 Å². The molecule has 2 aromatic rings. The second-order valence-corrected chi connectivity index (χ2v) is 8.03. The van der Waals surface area contributed by atoms with E-state index in [9.17, 15) is 4.79 Å². The molecule has 7 nitrogen and oxygen atoms in total. The number of hydrogen-bond acceptors (Lipinski definition) is 6. The molecule has 0 N–H and O–H groups in total. The van der Waals surface area contributed by atoms with Crippen LogP contribution in [-0.2, 0) is 4.79 Å². The van der Waals surface area contributed by atoms with Crippen molar-refractivity contribution in [3.63, 3.8) is 0 Å². The quantitative estimate of drug-likeness (QED) is 0.806. The Labute approximate surface area is 157 Å². The van der Waals surface area contributed by atoms with Gasteiger partial charge in [-0.15, -0.1) is 5.10 Å². The van der Waals surface area contributed by atoms with E-state index in [-0.39, 0.29) is 5.91 Å². The van der Waals surface area contributed by atoms with Crippen LogP contribution in [-0.4, -0.2) is 79.6 Å². The van der Waals surface area contributed by atoms with Gasteiger partial charge in [0.1, 0.15) is 6.33 Å². The van der Waals surface area contributed by atoms with Crippen LogP contribution in [0.3, 0.4) is 0 Å². The first-order valence-electron chi connectivity index (χ1n) is 9.21. The van der Waals surface area contributed by atoms with Crippen LogP contribution in [0, 0.1) is 0 Å². The molecule has 2 fully saturated rings. The number of carbonyl (C=O) groups is 1. The lowest BCUT2D eigenvalue weighted by Crippen LogP contribution is -2.50. The molecule has 1 aromatic heterocycles. The normalized spacial score (nSPS) is 20.8. The van der Waals surface area contributed by atoms with Crippen LogP contribution in [0.2, 0.25) is 0 Å². The van der Waals surface area contributed by atoms with Crippen LogP contribution in [0.25, 0.3) is 0 Å². The molecule has 26 heavy (non-hydrogen) atoms. The SMILES string of the molecule is O=C(C(c1ccccc1)n1cnnn1)N1CCC(N2CCSCC2)CC1. The maximum absolute atomic E-state index is 13.3. The zero-order valence-electron chi connectivity index (χ0n) is 14.8. The number of thioether (sulfide) groups is 1. The second-order valence-electron chi connectivity index (χ2n) is 6.81. The highest BCUT2D eigenvalue weighted by Gasteiger charge is 2.33. The van der Waals surface area contributed by atoms with E-state index in [2.05, 4.69) is 20.4 Å². The van der Waals surface area contributed by atoms with Crippen LogP contribution in [0.15, 0.2) is 36.7 Å². The van der Waals surface area contributed by atoms with Gasteiger partial charge in [0.15, 0.2) is 6.04 Å². The van der Waals surface area contributed by atoms with E-state index >= 15 is 0 Å². The van der Waals surface area contributed by atoms with Gasteiger partial charge in [-0.05, 0) is 28.8 Å². The van der Waals surface area contributed by atoms with Gasteiger partial charge in [0.25, 0.3) is 5.91 Å². The minimum Gasteiger partial charge on any atom is -0.340 e. The van der Waals surface area contributed by atoms with Crippen LogP contribution < -0.4 is 0 Å². The molecule has 1 aromatic carbocycles. The van der Waals surface area contributed by atoms with Crippen LogP contribution in [0.1, 0.15) is 24.4 Å². The van der Waals surface area contributed by atoms with Gasteiger partial charge < -0.3 is 4.90 Å². The molecule has 3 heterocycles. The molecule has 0 bridgehead atoms. The molecule has 2 aliphatic heterocycles. The number of aromatic nitrogens is 4. The molecule has 0 spiro atoms. The molecule has 1 atom stereocenters. The Morgan fingerprint density at radius 2 is 1.81 bits per heavy atom. The lowest BCUT2D eigenvalue weighted by Gasteiger charge is -2.40. The number of tetrazole rings is 1. The zero-order valence-corrected chi connectivity index (χ0v) is 15.6. The molecule has 0 radical (unpaired) electrons. The van der Waals surface area contributed by atoms with Crippen molar-refractivity contribution in [1.29, 1.82) is 0 Å². The number of benzene rings is 1. The molecule has 2 aliphatic rings. The smallest absolute Gasteiger partial charge is 0.252 e. The third-order valence-corrected chi connectivity index (χ3v) is 6.26. The fourth-order valence-electron chi connectivity index (χ4n) is 3.90. The molecular weight excluding hydrogens is 348 g/mol. The van der Waals surface area contributed by atoms with Crippen molar-refractivity contribution in [2.24, 2.45) is 0 Å². The summed E-state index contributed by atoms with van der Waals surface area (Å²) in [4.78, 5) is 17.9. The van der Waals surface area contributed by atoms with E-state index in [1.165, 1.54) is 30.9 Å². The van der Waals surface area contributed by atoms with Crippen LogP contribution in [0.5, 0.6) is 0 Å². The van der Waals surface area contributed by atoms with Crippen molar-refractivity contribution < 1.29 is 4.79 Å². The number of piperidine rings is 1. The van der Waals surface area contributed by atoms with Gasteiger partial charge in [0.05, 0.1) is 0 Å². The van der Waals surface area contributed by atoms with Gasteiger partial charge in [0.2, 0.25) is 0 Å². The minimum atomic E-state index is -0.492. The summed E-state index contributed by atoms with van der Waals surface area (Å²) in [7, 11) is 0. The number of nitrogens with zero attached hydrogens (tertiary/aromatic N) is 6. The zero-order chi connectivity index (χ0) is 17.8. The number of rotatable bonds is 4.